The van der Waals surface area contributed by atoms with Crippen molar-refractivity contribution < 1.29 is 32.9 Å². The molecule has 0 saturated heterocycles. The number of hydrogen-bond donors (Lipinski definition) is 1. The lowest BCUT2D eigenvalue weighted by molar-refractivity contribution is 0.0697. The largest absolute Gasteiger partial charge is 0.493 e. The summed E-state index contributed by atoms with van der Waals surface area (Å²) < 4.78 is 31.0. The molecule has 1 N–H and O–H groups in total. The molecule has 0 aliphatic carbocycles. The first-order valence-electron chi connectivity index (χ1n) is 14.9. The first-order chi connectivity index (χ1) is 22.9. The van der Waals surface area contributed by atoms with Crippen LogP contribution in [0, 0.1) is 6.92 Å². The number of carboxylic acid groups (broad SMARTS) is 1. The minimum absolute atomic E-state index is 0.145. The van der Waals surface area contributed by atoms with E-state index in [1.807, 2.05) is 73.8 Å². The number of nitrogens with zero attached hydrogens (tertiary/aromatic N) is 4. The first kappa shape index (κ1) is 30.9. The fraction of sp³-hybridized carbons (Fsp3) is 0.167. The highest BCUT2D eigenvalue weighted by Crippen LogP contribution is 2.31. The molecular formula is C36H32N4O7. The van der Waals surface area contributed by atoms with Crippen molar-refractivity contribution in [1.82, 2.24) is 19.7 Å². The van der Waals surface area contributed by atoms with Crippen LogP contribution < -0.4 is 14.2 Å². The van der Waals surface area contributed by atoms with Crippen LogP contribution in [0.15, 0.2) is 94.1 Å². The number of aromatic carboxylic acids is 1. The number of hydrogen-bond acceptors (Lipinski definition) is 9. The molecule has 0 saturated carbocycles. The Morgan fingerprint density at radius 3 is 2.49 bits per heavy atom. The van der Waals surface area contributed by atoms with Crippen LogP contribution in [0.1, 0.15) is 51.4 Å². The predicted molar refractivity (Wildman–Crippen MR) is 174 cm³/mol. The van der Waals surface area contributed by atoms with Crippen LogP contribution in [0.5, 0.6) is 17.4 Å². The van der Waals surface area contributed by atoms with Gasteiger partial charge in [0.25, 0.3) is 0 Å². The number of rotatable bonds is 13. The Kier molecular flexibility index (Phi) is 9.14. The second-order valence-corrected chi connectivity index (χ2v) is 10.5. The van der Waals surface area contributed by atoms with Crippen LogP contribution >= 0.6 is 0 Å². The molecule has 11 heteroatoms. The molecule has 0 aliphatic heterocycles. The van der Waals surface area contributed by atoms with E-state index in [0.717, 1.165) is 16.8 Å². The second-order valence-electron chi connectivity index (χ2n) is 10.5. The van der Waals surface area contributed by atoms with Crippen molar-refractivity contribution in [1.29, 1.82) is 0 Å². The molecule has 3 heterocycles. The Balaban J connectivity index is 1.15. The Labute approximate surface area is 270 Å². The lowest BCUT2D eigenvalue weighted by Gasteiger charge is -2.12. The van der Waals surface area contributed by atoms with E-state index < -0.39 is 5.97 Å². The molecule has 3 aromatic heterocycles. The molecule has 6 rings (SSSR count). The summed E-state index contributed by atoms with van der Waals surface area (Å²) >= 11 is 0. The van der Waals surface area contributed by atoms with Crippen LogP contribution in [-0.4, -0.2) is 37.9 Å². The zero-order valence-electron chi connectivity index (χ0n) is 26.0. The third-order valence-electron chi connectivity index (χ3n) is 7.27. The van der Waals surface area contributed by atoms with Crippen molar-refractivity contribution in [3.63, 3.8) is 0 Å². The number of carbonyl (C=O) groups is 1. The summed E-state index contributed by atoms with van der Waals surface area (Å²) in [5.41, 5.74) is 4.72. The van der Waals surface area contributed by atoms with Gasteiger partial charge in [0.2, 0.25) is 11.8 Å². The molecule has 3 aromatic carbocycles. The van der Waals surface area contributed by atoms with Gasteiger partial charge in [0, 0.05) is 18.2 Å². The van der Waals surface area contributed by atoms with E-state index >= 15 is 0 Å². The number of para-hydroxylation sites is 1. The second kappa shape index (κ2) is 13.9. The normalized spacial score (nSPS) is 11.2. The summed E-state index contributed by atoms with van der Waals surface area (Å²) in [5, 5.41) is 13.8. The highest BCUT2D eigenvalue weighted by Gasteiger charge is 2.16. The number of oxazole rings is 2. The molecule has 238 valence electrons. The molecule has 47 heavy (non-hydrogen) atoms. The quantitative estimate of drug-likeness (QED) is 0.137. The van der Waals surface area contributed by atoms with Crippen molar-refractivity contribution in [3.8, 4) is 34.5 Å². The number of aromatic nitrogens is 4. The summed E-state index contributed by atoms with van der Waals surface area (Å²) in [5.74, 6) is 2.18. The predicted octanol–water partition coefficient (Wildman–Crippen LogP) is 7.42. The summed E-state index contributed by atoms with van der Waals surface area (Å²) in [7, 11) is 1.57. The number of methoxy groups -OCH3 is 1. The van der Waals surface area contributed by atoms with Gasteiger partial charge in [-0.2, -0.15) is 0 Å². The Morgan fingerprint density at radius 1 is 0.957 bits per heavy atom. The molecule has 11 nitrogen and oxygen atoms in total. The topological polar surface area (TPSA) is 135 Å². The lowest BCUT2D eigenvalue weighted by Crippen LogP contribution is -2.02. The van der Waals surface area contributed by atoms with E-state index in [2.05, 4.69) is 9.97 Å². The summed E-state index contributed by atoms with van der Waals surface area (Å²) in [4.78, 5) is 20.2. The van der Waals surface area contributed by atoms with Gasteiger partial charge in [-0.15, -0.1) is 5.10 Å². The molecule has 0 aliphatic rings. The maximum Gasteiger partial charge on any atom is 0.335 e. The number of carboxylic acids is 1. The van der Waals surface area contributed by atoms with Gasteiger partial charge in [0.1, 0.15) is 36.6 Å². The number of benzene rings is 3. The highest BCUT2D eigenvalue weighted by atomic mass is 16.5. The summed E-state index contributed by atoms with van der Waals surface area (Å²) in [6.45, 7) is 4.17. The molecule has 0 fully saturated rings. The molecular weight excluding hydrogens is 600 g/mol. The SMILES string of the molecule is CCc1nc(/C=C/c2cn(-c3ccccc3)nc2OCc2ccc(OCc3nc(-c4ccc(C(=O)O)cc4)oc3C)c(OC)c2)co1. The van der Waals surface area contributed by atoms with E-state index in [1.54, 1.807) is 37.1 Å². The molecule has 6 aromatic rings. The average Bonchev–Trinajstić information content (AvgIpc) is 3.84. The molecule has 0 unspecified atom stereocenters. The van der Waals surface area contributed by atoms with Gasteiger partial charge in [0.05, 0.1) is 23.9 Å². The van der Waals surface area contributed by atoms with Gasteiger partial charge in [-0.25, -0.2) is 19.4 Å². The van der Waals surface area contributed by atoms with E-state index in [0.29, 0.717) is 58.3 Å². The maximum absolute atomic E-state index is 11.2. The van der Waals surface area contributed by atoms with Crippen molar-refractivity contribution in [2.75, 3.05) is 7.11 Å². The van der Waals surface area contributed by atoms with Crippen LogP contribution in [0.2, 0.25) is 0 Å². The van der Waals surface area contributed by atoms with E-state index in [9.17, 15) is 4.79 Å². The van der Waals surface area contributed by atoms with E-state index in [4.69, 9.17) is 33.3 Å². The number of aryl methyl sites for hydroxylation is 2. The molecule has 0 spiro atoms. The van der Waals surface area contributed by atoms with Crippen LogP contribution in [0.25, 0.3) is 29.3 Å². The minimum Gasteiger partial charge on any atom is -0.493 e. The molecule has 0 radical (unpaired) electrons. The minimum atomic E-state index is -0.994. The van der Waals surface area contributed by atoms with Crippen LogP contribution in [0.4, 0.5) is 0 Å². The fourth-order valence-electron chi connectivity index (χ4n) is 4.71. The van der Waals surface area contributed by atoms with Crippen molar-refractivity contribution in [2.45, 2.75) is 33.5 Å². The van der Waals surface area contributed by atoms with Crippen molar-refractivity contribution >= 4 is 18.1 Å². The third kappa shape index (κ3) is 7.25. The first-order valence-corrected chi connectivity index (χ1v) is 14.9. The van der Waals surface area contributed by atoms with Gasteiger partial charge < -0.3 is 28.2 Å². The smallest absolute Gasteiger partial charge is 0.335 e. The zero-order valence-corrected chi connectivity index (χ0v) is 26.0. The molecule has 0 bridgehead atoms. The third-order valence-corrected chi connectivity index (χ3v) is 7.27. The Morgan fingerprint density at radius 2 is 1.77 bits per heavy atom. The molecule has 0 atom stereocenters. The van der Waals surface area contributed by atoms with Gasteiger partial charge in [-0.3, -0.25) is 0 Å². The zero-order chi connectivity index (χ0) is 32.8. The van der Waals surface area contributed by atoms with Gasteiger partial charge >= 0.3 is 5.97 Å². The van der Waals surface area contributed by atoms with Crippen molar-refractivity contribution in [3.05, 3.63) is 125 Å². The number of ether oxygens (including phenoxy) is 3. The lowest BCUT2D eigenvalue weighted by atomic mass is 10.1. The van der Waals surface area contributed by atoms with Crippen LogP contribution in [0.3, 0.4) is 0 Å². The average molecular weight is 633 g/mol. The monoisotopic (exact) mass is 632 g/mol. The van der Waals surface area contributed by atoms with Crippen molar-refractivity contribution in [2.24, 2.45) is 0 Å². The van der Waals surface area contributed by atoms with E-state index in [1.165, 1.54) is 12.1 Å². The maximum atomic E-state index is 11.2. The summed E-state index contributed by atoms with van der Waals surface area (Å²) in [6.07, 6.45) is 8.01. The fourth-order valence-corrected chi connectivity index (χ4v) is 4.71. The van der Waals surface area contributed by atoms with Gasteiger partial charge in [0.15, 0.2) is 17.4 Å². The Hall–Kier alpha value is -6.10. The molecule has 0 amide bonds. The standard InChI is InChI=1S/C36H32N4O7/c1-4-33-37-28(21-45-33)16-15-27-19-40(29-8-6-5-7-9-29)39-35(27)46-20-24-10-17-31(32(18-24)43-3)44-22-30-23(2)47-34(38-30)25-11-13-26(14-12-25)36(41)42/h5-19,21H,4,20,22H2,1-3H3,(H,41,42)/b16-15+. The van der Waals surface area contributed by atoms with E-state index in [-0.39, 0.29) is 18.8 Å². The van der Waals surface area contributed by atoms with Gasteiger partial charge in [-0.05, 0) is 73.2 Å². The summed E-state index contributed by atoms with van der Waals surface area (Å²) in [6, 6.07) is 21.7. The Bertz CT molecular complexity index is 2010. The van der Waals surface area contributed by atoms with Crippen LogP contribution in [-0.2, 0) is 19.6 Å². The highest BCUT2D eigenvalue weighted by molar-refractivity contribution is 5.88. The van der Waals surface area contributed by atoms with Gasteiger partial charge in [-0.1, -0.05) is 31.2 Å².